The maximum Gasteiger partial charge on any atom is 0.416 e. The second-order valence-corrected chi connectivity index (χ2v) is 7.46. The first kappa shape index (κ1) is 18.4. The van der Waals surface area contributed by atoms with Gasteiger partial charge in [0.1, 0.15) is 4.32 Å². The van der Waals surface area contributed by atoms with Crippen molar-refractivity contribution in [2.75, 3.05) is 18.6 Å². The molecule has 124 valence electrons. The Bertz CT molecular complexity index is 643. The number of hydrogen-bond acceptors (Lipinski definition) is 4. The van der Waals surface area contributed by atoms with Gasteiger partial charge in [0, 0.05) is 6.54 Å². The number of thioether (sulfide) groups is 2. The fourth-order valence-corrected chi connectivity index (χ4v) is 3.74. The maximum atomic E-state index is 12.7. The van der Waals surface area contributed by atoms with E-state index in [0.29, 0.717) is 21.3 Å². The lowest BCUT2D eigenvalue weighted by atomic mass is 10.1. The summed E-state index contributed by atoms with van der Waals surface area (Å²) in [6.45, 7) is 0.533. The van der Waals surface area contributed by atoms with Crippen molar-refractivity contribution >= 4 is 52.0 Å². The van der Waals surface area contributed by atoms with Gasteiger partial charge in [-0.15, -0.1) is 0 Å². The number of rotatable bonds is 5. The average Bonchev–Trinajstić information content (AvgIpc) is 2.74. The van der Waals surface area contributed by atoms with Crippen LogP contribution in [-0.4, -0.2) is 33.7 Å². The number of hydrogen-bond donors (Lipinski definition) is 0. The molecule has 1 aromatic rings. The molecular formula is C15H14F3NOS3. The van der Waals surface area contributed by atoms with Gasteiger partial charge in [-0.05, 0) is 42.2 Å². The van der Waals surface area contributed by atoms with Gasteiger partial charge in [-0.2, -0.15) is 24.9 Å². The number of benzene rings is 1. The molecule has 2 rings (SSSR count). The van der Waals surface area contributed by atoms with E-state index >= 15 is 0 Å². The first-order valence-corrected chi connectivity index (χ1v) is 9.36. The highest BCUT2D eigenvalue weighted by molar-refractivity contribution is 8.26. The van der Waals surface area contributed by atoms with Crippen molar-refractivity contribution in [3.63, 3.8) is 0 Å². The third kappa shape index (κ3) is 4.74. The predicted molar refractivity (Wildman–Crippen MR) is 94.3 cm³/mol. The van der Waals surface area contributed by atoms with Crippen LogP contribution in [-0.2, 0) is 11.0 Å². The average molecular weight is 377 g/mol. The highest BCUT2D eigenvalue weighted by Gasteiger charge is 2.32. The van der Waals surface area contributed by atoms with Gasteiger partial charge in [0.15, 0.2) is 0 Å². The van der Waals surface area contributed by atoms with Crippen LogP contribution in [0.5, 0.6) is 0 Å². The molecule has 0 bridgehead atoms. The van der Waals surface area contributed by atoms with Gasteiger partial charge in [0.05, 0.1) is 10.5 Å². The van der Waals surface area contributed by atoms with Crippen LogP contribution in [0.1, 0.15) is 17.5 Å². The van der Waals surface area contributed by atoms with Gasteiger partial charge in [-0.3, -0.25) is 9.69 Å². The van der Waals surface area contributed by atoms with Crippen molar-refractivity contribution < 1.29 is 18.0 Å². The minimum atomic E-state index is -4.40. The summed E-state index contributed by atoms with van der Waals surface area (Å²) in [5.74, 6) is 0.683. The van der Waals surface area contributed by atoms with Crippen molar-refractivity contribution in [1.82, 2.24) is 4.90 Å². The quantitative estimate of drug-likeness (QED) is 0.422. The molecule has 1 saturated heterocycles. The molecule has 0 aliphatic carbocycles. The van der Waals surface area contributed by atoms with E-state index in [4.69, 9.17) is 12.2 Å². The smallest absolute Gasteiger partial charge is 0.293 e. The molecule has 23 heavy (non-hydrogen) atoms. The van der Waals surface area contributed by atoms with Gasteiger partial charge in [-0.1, -0.05) is 36.1 Å². The second-order valence-electron chi connectivity index (χ2n) is 4.80. The largest absolute Gasteiger partial charge is 0.416 e. The summed E-state index contributed by atoms with van der Waals surface area (Å²) < 4.78 is 38.6. The first-order valence-electron chi connectivity index (χ1n) is 6.74. The van der Waals surface area contributed by atoms with Crippen LogP contribution in [0.15, 0.2) is 29.2 Å². The number of carbonyl (C=O) groups excluding carboxylic acids is 1. The molecule has 0 unspecified atom stereocenters. The van der Waals surface area contributed by atoms with Crippen LogP contribution in [0.2, 0.25) is 0 Å². The monoisotopic (exact) mass is 377 g/mol. The van der Waals surface area contributed by atoms with E-state index < -0.39 is 11.7 Å². The predicted octanol–water partition coefficient (Wildman–Crippen LogP) is 4.66. The molecule has 0 radical (unpaired) electrons. The van der Waals surface area contributed by atoms with Crippen molar-refractivity contribution in [2.45, 2.75) is 12.6 Å². The zero-order chi connectivity index (χ0) is 17.0. The van der Waals surface area contributed by atoms with E-state index in [1.165, 1.54) is 23.1 Å². The Morgan fingerprint density at radius 3 is 2.78 bits per heavy atom. The first-order chi connectivity index (χ1) is 10.8. The summed E-state index contributed by atoms with van der Waals surface area (Å²) in [5.41, 5.74) is -0.397. The van der Waals surface area contributed by atoms with E-state index in [2.05, 4.69) is 0 Å². The molecular weight excluding hydrogens is 363 g/mol. The summed E-state index contributed by atoms with van der Waals surface area (Å²) >= 11 is 8.00. The lowest BCUT2D eigenvalue weighted by molar-refractivity contribution is -0.137. The van der Waals surface area contributed by atoms with Crippen LogP contribution in [0.4, 0.5) is 13.2 Å². The van der Waals surface area contributed by atoms with Crippen LogP contribution < -0.4 is 0 Å². The molecule has 1 heterocycles. The van der Waals surface area contributed by atoms with Gasteiger partial charge in [0.2, 0.25) is 0 Å². The third-order valence-corrected chi connectivity index (χ3v) is 5.19. The Kier molecular flexibility index (Phi) is 6.16. The minimum Gasteiger partial charge on any atom is -0.293 e. The highest BCUT2D eigenvalue weighted by Crippen LogP contribution is 2.34. The lowest BCUT2D eigenvalue weighted by Gasteiger charge is -2.13. The molecule has 1 aromatic carbocycles. The van der Waals surface area contributed by atoms with Crippen molar-refractivity contribution in [3.05, 3.63) is 40.3 Å². The Morgan fingerprint density at radius 1 is 1.39 bits per heavy atom. The molecule has 1 aliphatic rings. The molecule has 1 aliphatic heterocycles. The molecule has 0 N–H and O–H groups in total. The van der Waals surface area contributed by atoms with Gasteiger partial charge in [-0.25, -0.2) is 0 Å². The van der Waals surface area contributed by atoms with E-state index in [1.54, 1.807) is 11.8 Å². The summed E-state index contributed by atoms with van der Waals surface area (Å²) in [6, 6.07) is 4.90. The third-order valence-electron chi connectivity index (χ3n) is 3.12. The topological polar surface area (TPSA) is 20.3 Å². The number of nitrogens with zero attached hydrogens (tertiary/aromatic N) is 1. The molecule has 2 nitrogen and oxygen atoms in total. The molecule has 0 saturated carbocycles. The lowest BCUT2D eigenvalue weighted by Crippen LogP contribution is -2.29. The van der Waals surface area contributed by atoms with Crippen molar-refractivity contribution in [1.29, 1.82) is 0 Å². The molecule has 1 fully saturated rings. The summed E-state index contributed by atoms with van der Waals surface area (Å²) in [6.07, 6.45) is -0.133. The van der Waals surface area contributed by atoms with Gasteiger partial charge < -0.3 is 0 Å². The van der Waals surface area contributed by atoms with Gasteiger partial charge >= 0.3 is 6.18 Å². The van der Waals surface area contributed by atoms with E-state index in [-0.39, 0.29) is 5.91 Å². The minimum absolute atomic E-state index is 0.237. The molecule has 1 amide bonds. The van der Waals surface area contributed by atoms with Crippen molar-refractivity contribution in [3.8, 4) is 0 Å². The fraction of sp³-hybridized carbons (Fsp3) is 0.333. The van der Waals surface area contributed by atoms with Gasteiger partial charge in [0.25, 0.3) is 5.91 Å². The number of halogens is 3. The molecule has 0 spiro atoms. The summed E-state index contributed by atoms with van der Waals surface area (Å²) in [7, 11) is 0. The molecule has 0 aromatic heterocycles. The Balaban J connectivity index is 2.17. The maximum absolute atomic E-state index is 12.7. The normalized spacial score (nSPS) is 17.4. The Morgan fingerprint density at radius 2 is 2.13 bits per heavy atom. The Hall–Kier alpha value is -0.990. The highest BCUT2D eigenvalue weighted by atomic mass is 32.2. The Labute approximate surface area is 146 Å². The van der Waals surface area contributed by atoms with Crippen LogP contribution in [0.25, 0.3) is 6.08 Å². The zero-order valence-electron chi connectivity index (χ0n) is 12.2. The number of thiocarbonyl (C=S) groups is 1. The fourth-order valence-electron chi connectivity index (χ4n) is 2.02. The number of alkyl halides is 3. The van der Waals surface area contributed by atoms with E-state index in [0.717, 1.165) is 36.1 Å². The number of carbonyl (C=O) groups is 1. The van der Waals surface area contributed by atoms with Crippen LogP contribution in [0, 0.1) is 0 Å². The number of amides is 1. The molecule has 8 heteroatoms. The second kappa shape index (κ2) is 7.72. The SMILES string of the molecule is CSCCCN1C(=O)C(=Cc2cccc(C(F)(F)F)c2)SC1=S. The van der Waals surface area contributed by atoms with Crippen molar-refractivity contribution in [2.24, 2.45) is 0 Å². The standard InChI is InChI=1S/C15H14F3NOS3/c1-22-7-3-6-19-13(20)12(23-14(19)21)9-10-4-2-5-11(8-10)15(16,17)18/h2,4-5,8-9H,3,6-7H2,1H3. The molecule has 0 atom stereocenters. The van der Waals surface area contributed by atoms with E-state index in [9.17, 15) is 18.0 Å². The van der Waals surface area contributed by atoms with Crippen LogP contribution >= 0.6 is 35.7 Å². The van der Waals surface area contributed by atoms with Crippen LogP contribution in [0.3, 0.4) is 0 Å². The summed E-state index contributed by atoms with van der Waals surface area (Å²) in [5, 5.41) is 0. The summed E-state index contributed by atoms with van der Waals surface area (Å²) in [4.78, 5) is 14.2. The zero-order valence-corrected chi connectivity index (χ0v) is 14.7. The van der Waals surface area contributed by atoms with E-state index in [1.807, 2.05) is 6.26 Å².